The van der Waals surface area contributed by atoms with Gasteiger partial charge in [0.1, 0.15) is 0 Å². The van der Waals surface area contributed by atoms with Gasteiger partial charge >= 0.3 is 4.94 Å². The maximum atomic E-state index is 10.7. The molecule has 0 atom stereocenters. The quantitative estimate of drug-likeness (QED) is 0.830. The van der Waals surface area contributed by atoms with Gasteiger partial charge in [-0.15, -0.1) is 0 Å². The molecule has 78 valence electrons. The summed E-state index contributed by atoms with van der Waals surface area (Å²) in [6, 6.07) is 7.59. The highest BCUT2D eigenvalue weighted by Gasteiger charge is 2.02. The van der Waals surface area contributed by atoms with Crippen LogP contribution in [0.2, 0.25) is 5.02 Å². The van der Waals surface area contributed by atoms with Crippen molar-refractivity contribution in [2.75, 3.05) is 0 Å². The van der Waals surface area contributed by atoms with Crippen LogP contribution >= 0.6 is 23.1 Å². The lowest BCUT2D eigenvalue weighted by molar-refractivity contribution is 0.468. The van der Waals surface area contributed by atoms with Gasteiger partial charge in [-0.1, -0.05) is 23.7 Å². The highest BCUT2D eigenvalue weighted by atomic mass is 35.5. The summed E-state index contributed by atoms with van der Waals surface area (Å²) in [4.78, 5) is 10.4. The van der Waals surface area contributed by atoms with Gasteiger partial charge < -0.3 is 4.42 Å². The van der Waals surface area contributed by atoms with Crippen LogP contribution in [0.25, 0.3) is 0 Å². The zero-order valence-electron chi connectivity index (χ0n) is 7.77. The zero-order chi connectivity index (χ0) is 10.7. The summed E-state index contributed by atoms with van der Waals surface area (Å²) in [5, 5.41) is 0.721. The third-order valence-corrected chi connectivity index (χ3v) is 2.74. The third-order valence-electron chi connectivity index (χ3n) is 1.96. The normalized spacial score (nSPS) is 10.5. The van der Waals surface area contributed by atoms with E-state index in [-0.39, 0.29) is 4.94 Å². The molecule has 0 spiro atoms. The molecule has 0 aliphatic rings. The van der Waals surface area contributed by atoms with Crippen molar-refractivity contribution in [3.05, 3.63) is 50.5 Å². The molecule has 0 aliphatic heterocycles. The molecule has 0 saturated carbocycles. The molecule has 2 aromatic rings. The molecule has 1 heterocycles. The van der Waals surface area contributed by atoms with E-state index in [1.165, 1.54) is 0 Å². The van der Waals surface area contributed by atoms with Gasteiger partial charge in [-0.05, 0) is 24.1 Å². The lowest BCUT2D eigenvalue weighted by Crippen LogP contribution is -1.92. The van der Waals surface area contributed by atoms with Crippen LogP contribution < -0.4 is 4.94 Å². The predicted octanol–water partition coefficient (Wildman–Crippen LogP) is 2.53. The summed E-state index contributed by atoms with van der Waals surface area (Å²) in [5.74, 6) is 0.500. The Hall–Kier alpha value is -1.13. The molecule has 0 radical (unpaired) electrons. The zero-order valence-corrected chi connectivity index (χ0v) is 9.35. The van der Waals surface area contributed by atoms with Crippen molar-refractivity contribution in [1.29, 1.82) is 0 Å². The Morgan fingerprint density at radius 2 is 2.00 bits per heavy atom. The first-order valence-electron chi connectivity index (χ1n) is 4.44. The Labute approximate surface area is 95.5 Å². The van der Waals surface area contributed by atoms with Crippen LogP contribution in [0.4, 0.5) is 0 Å². The summed E-state index contributed by atoms with van der Waals surface area (Å²) in [7, 11) is 0. The van der Waals surface area contributed by atoms with Gasteiger partial charge in [0.25, 0.3) is 0 Å². The first-order chi connectivity index (χ1) is 7.24. The second-order valence-corrected chi connectivity index (χ2v) is 4.19. The summed E-state index contributed by atoms with van der Waals surface area (Å²) >= 11 is 6.61. The minimum Gasteiger partial charge on any atom is -0.399 e. The van der Waals surface area contributed by atoms with Crippen molar-refractivity contribution >= 4 is 23.1 Å². The van der Waals surface area contributed by atoms with Crippen LogP contribution in [0.3, 0.4) is 0 Å². The van der Waals surface area contributed by atoms with E-state index in [0.29, 0.717) is 12.3 Å². The molecular weight excluding hydrogens is 234 g/mol. The van der Waals surface area contributed by atoms with Crippen LogP contribution in [0.1, 0.15) is 11.5 Å². The Balaban J connectivity index is 1.99. The predicted molar refractivity (Wildman–Crippen MR) is 59.5 cm³/mol. The van der Waals surface area contributed by atoms with Gasteiger partial charge in [-0.2, -0.15) is 4.37 Å². The molecule has 5 heteroatoms. The van der Waals surface area contributed by atoms with Gasteiger partial charge in [0.05, 0.1) is 0 Å². The van der Waals surface area contributed by atoms with Gasteiger partial charge in [-0.25, -0.2) is 4.79 Å². The van der Waals surface area contributed by atoms with Crippen LogP contribution in [0, 0.1) is 0 Å². The maximum absolute atomic E-state index is 10.7. The highest BCUT2D eigenvalue weighted by molar-refractivity contribution is 7.02. The van der Waals surface area contributed by atoms with E-state index in [4.69, 9.17) is 16.0 Å². The second kappa shape index (κ2) is 4.59. The van der Waals surface area contributed by atoms with Gasteiger partial charge in [0.2, 0.25) is 5.89 Å². The molecule has 0 saturated heterocycles. The van der Waals surface area contributed by atoms with Crippen LogP contribution in [0.15, 0.2) is 33.5 Å². The molecule has 0 bridgehead atoms. The molecule has 0 unspecified atom stereocenters. The van der Waals surface area contributed by atoms with E-state index in [2.05, 4.69) is 4.37 Å². The number of hydrogen-bond acceptors (Lipinski definition) is 4. The molecule has 0 aliphatic carbocycles. The molecule has 1 aromatic carbocycles. The molecule has 15 heavy (non-hydrogen) atoms. The van der Waals surface area contributed by atoms with Crippen molar-refractivity contribution in [3.8, 4) is 0 Å². The largest absolute Gasteiger partial charge is 0.414 e. The first kappa shape index (κ1) is 10.4. The van der Waals surface area contributed by atoms with Gasteiger partial charge in [0, 0.05) is 23.0 Å². The average Bonchev–Trinajstić information content (AvgIpc) is 2.64. The van der Waals surface area contributed by atoms with E-state index >= 15 is 0 Å². The number of aryl methyl sites for hydroxylation is 2. The lowest BCUT2D eigenvalue weighted by atomic mass is 10.1. The van der Waals surface area contributed by atoms with Crippen molar-refractivity contribution < 1.29 is 4.42 Å². The third kappa shape index (κ3) is 2.91. The molecule has 0 fully saturated rings. The fourth-order valence-electron chi connectivity index (χ4n) is 1.22. The minimum absolute atomic E-state index is 0.346. The smallest absolute Gasteiger partial charge is 0.399 e. The Morgan fingerprint density at radius 3 is 2.60 bits per heavy atom. The number of hydrogen-bond donors (Lipinski definition) is 0. The molecule has 3 nitrogen and oxygen atoms in total. The van der Waals surface area contributed by atoms with Gasteiger partial charge in [0.15, 0.2) is 0 Å². The van der Waals surface area contributed by atoms with Crippen molar-refractivity contribution in [2.45, 2.75) is 12.8 Å². The van der Waals surface area contributed by atoms with Crippen molar-refractivity contribution in [3.63, 3.8) is 0 Å². The van der Waals surface area contributed by atoms with Crippen LogP contribution in [0.5, 0.6) is 0 Å². The SMILES string of the molecule is O=c1oc(CCc2ccc(Cl)cc2)ns1. The molecular formula is C10H8ClNO2S. The fraction of sp³-hybridized carbons (Fsp3) is 0.200. The molecule has 0 N–H and O–H groups in total. The lowest BCUT2D eigenvalue weighted by Gasteiger charge is -1.97. The van der Waals surface area contributed by atoms with Crippen molar-refractivity contribution in [1.82, 2.24) is 4.37 Å². The topological polar surface area (TPSA) is 43.1 Å². The summed E-state index contributed by atoms with van der Waals surface area (Å²) in [6.45, 7) is 0. The molecule has 1 aromatic heterocycles. The molecule has 0 amide bonds. The Bertz CT molecular complexity index is 489. The summed E-state index contributed by atoms with van der Waals surface area (Å²) in [6.07, 6.45) is 1.43. The monoisotopic (exact) mass is 241 g/mol. The van der Waals surface area contributed by atoms with E-state index in [9.17, 15) is 4.79 Å². The highest BCUT2D eigenvalue weighted by Crippen LogP contribution is 2.11. The van der Waals surface area contributed by atoms with Crippen LogP contribution in [-0.4, -0.2) is 4.37 Å². The van der Waals surface area contributed by atoms with Crippen molar-refractivity contribution in [2.24, 2.45) is 0 Å². The second-order valence-electron chi connectivity index (χ2n) is 3.05. The summed E-state index contributed by atoms with van der Waals surface area (Å²) in [5.41, 5.74) is 1.15. The Morgan fingerprint density at radius 1 is 1.27 bits per heavy atom. The van der Waals surface area contributed by atoms with Crippen LogP contribution in [-0.2, 0) is 12.8 Å². The Kier molecular flexibility index (Phi) is 3.18. The van der Waals surface area contributed by atoms with E-state index in [1.54, 1.807) is 0 Å². The minimum atomic E-state index is -0.346. The maximum Gasteiger partial charge on any atom is 0.414 e. The number of nitrogens with zero attached hydrogens (tertiary/aromatic N) is 1. The number of aromatic nitrogens is 1. The van der Waals surface area contributed by atoms with E-state index in [1.807, 2.05) is 24.3 Å². The number of halogens is 1. The standard InChI is InChI=1S/C10H8ClNO2S/c11-8-4-1-7(2-5-8)3-6-9-12-15-10(13)14-9/h1-2,4-5H,3,6H2. The van der Waals surface area contributed by atoms with E-state index < -0.39 is 0 Å². The van der Waals surface area contributed by atoms with Gasteiger partial charge in [-0.3, -0.25) is 0 Å². The molecule has 2 rings (SSSR count). The average molecular weight is 242 g/mol. The summed E-state index contributed by atoms with van der Waals surface area (Å²) < 4.78 is 8.74. The van der Waals surface area contributed by atoms with E-state index in [0.717, 1.165) is 28.5 Å². The number of benzene rings is 1. The number of rotatable bonds is 3. The fourth-order valence-corrected chi connectivity index (χ4v) is 1.79. The first-order valence-corrected chi connectivity index (χ1v) is 5.59.